The maximum atomic E-state index is 14.1. The van der Waals surface area contributed by atoms with E-state index in [9.17, 15) is 18.0 Å². The quantitative estimate of drug-likeness (QED) is 0.499. The molecule has 0 saturated carbocycles. The number of carbonyl (C=O) groups is 1. The zero-order valence-corrected chi connectivity index (χ0v) is 20.6. The van der Waals surface area contributed by atoms with E-state index in [0.29, 0.717) is 26.2 Å². The van der Waals surface area contributed by atoms with Crippen LogP contribution < -0.4 is 5.32 Å². The standard InChI is InChI=1S/C26H27ClF3N5O/c1-17-7-9-19(10-8-17)20-15-21(26(28,29)30)35-24(31-20)22(27)23(32-35)25(36)34-13-11-33(12-14-34)16-18-5-3-2-4-6-18/h2-10,20-21,31H,11-16H2,1H3/t20-,21+/m0/s1. The van der Waals surface area contributed by atoms with Gasteiger partial charge >= 0.3 is 6.18 Å². The van der Waals surface area contributed by atoms with Crippen LogP contribution in [0.5, 0.6) is 0 Å². The molecule has 1 saturated heterocycles. The number of aromatic nitrogens is 2. The summed E-state index contributed by atoms with van der Waals surface area (Å²) in [4.78, 5) is 17.1. The molecule has 10 heteroatoms. The van der Waals surface area contributed by atoms with E-state index in [4.69, 9.17) is 11.6 Å². The molecule has 0 spiro atoms. The summed E-state index contributed by atoms with van der Waals surface area (Å²) in [5, 5.41) is 7.13. The molecule has 2 aromatic carbocycles. The molecule has 0 bridgehead atoms. The smallest absolute Gasteiger partial charge is 0.362 e. The molecule has 0 unspecified atom stereocenters. The minimum atomic E-state index is -4.54. The maximum Gasteiger partial charge on any atom is 0.410 e. The van der Waals surface area contributed by atoms with Crippen molar-refractivity contribution in [2.24, 2.45) is 0 Å². The first kappa shape index (κ1) is 24.6. The van der Waals surface area contributed by atoms with Crippen molar-refractivity contribution in [3.63, 3.8) is 0 Å². The van der Waals surface area contributed by atoms with Crippen LogP contribution in [0.15, 0.2) is 54.6 Å². The van der Waals surface area contributed by atoms with Crippen molar-refractivity contribution >= 4 is 23.3 Å². The number of aryl methyl sites for hydroxylation is 1. The molecule has 2 aliphatic heterocycles. The van der Waals surface area contributed by atoms with Gasteiger partial charge in [0.2, 0.25) is 0 Å². The van der Waals surface area contributed by atoms with E-state index in [1.807, 2.05) is 37.3 Å². The highest BCUT2D eigenvalue weighted by Gasteiger charge is 2.48. The number of hydrogen-bond donors (Lipinski definition) is 1. The van der Waals surface area contributed by atoms with Crippen LogP contribution in [0, 0.1) is 6.92 Å². The molecule has 1 fully saturated rings. The van der Waals surface area contributed by atoms with E-state index in [2.05, 4.69) is 27.4 Å². The van der Waals surface area contributed by atoms with E-state index >= 15 is 0 Å². The van der Waals surface area contributed by atoms with Gasteiger partial charge in [-0.25, -0.2) is 4.68 Å². The van der Waals surface area contributed by atoms with Crippen molar-refractivity contribution in [2.75, 3.05) is 31.5 Å². The molecule has 3 aromatic rings. The lowest BCUT2D eigenvalue weighted by molar-refractivity contribution is -0.173. The molecule has 0 aliphatic carbocycles. The summed E-state index contributed by atoms with van der Waals surface area (Å²) >= 11 is 6.51. The van der Waals surface area contributed by atoms with E-state index in [-0.39, 0.29) is 23.0 Å². The lowest BCUT2D eigenvalue weighted by atomic mass is 9.96. The Balaban J connectivity index is 1.35. The fourth-order valence-electron chi connectivity index (χ4n) is 4.84. The number of carbonyl (C=O) groups excluding carboxylic acids is 1. The predicted octanol–water partition coefficient (Wildman–Crippen LogP) is 5.46. The second-order valence-electron chi connectivity index (χ2n) is 9.41. The SMILES string of the molecule is Cc1ccc([C@@H]2C[C@H](C(F)(F)F)n3nc(C(=O)N4CCN(Cc5ccccc5)CC4)c(Cl)c3N2)cc1. The van der Waals surface area contributed by atoms with Crippen molar-refractivity contribution in [3.8, 4) is 0 Å². The number of hydrogen-bond acceptors (Lipinski definition) is 4. The average molecular weight is 518 g/mol. The Hall–Kier alpha value is -3.04. The second-order valence-corrected chi connectivity index (χ2v) is 9.79. The number of anilines is 1. The highest BCUT2D eigenvalue weighted by Crippen LogP contribution is 2.46. The Morgan fingerprint density at radius 1 is 1.06 bits per heavy atom. The molecule has 3 heterocycles. The maximum absolute atomic E-state index is 14.1. The van der Waals surface area contributed by atoms with Gasteiger partial charge in [0, 0.05) is 39.1 Å². The number of benzene rings is 2. The molecule has 5 rings (SSSR count). The molecule has 1 amide bonds. The van der Waals surface area contributed by atoms with Gasteiger partial charge in [0.15, 0.2) is 11.7 Å². The summed E-state index contributed by atoms with van der Waals surface area (Å²) in [5.74, 6) is -0.419. The first-order chi connectivity index (χ1) is 17.2. The average Bonchev–Trinajstić information content (AvgIpc) is 3.20. The molecule has 0 radical (unpaired) electrons. The Morgan fingerprint density at radius 2 is 1.72 bits per heavy atom. The van der Waals surface area contributed by atoms with Crippen molar-refractivity contribution in [3.05, 3.63) is 82.0 Å². The number of piperazine rings is 1. The Labute approximate surface area is 212 Å². The molecule has 190 valence electrons. The summed E-state index contributed by atoms with van der Waals surface area (Å²) < 4.78 is 43.0. The number of alkyl halides is 3. The monoisotopic (exact) mass is 517 g/mol. The van der Waals surface area contributed by atoms with E-state index in [1.165, 1.54) is 5.56 Å². The Kier molecular flexibility index (Phi) is 6.70. The van der Waals surface area contributed by atoms with Crippen LogP contribution in [-0.4, -0.2) is 57.8 Å². The van der Waals surface area contributed by atoms with Crippen LogP contribution in [0.3, 0.4) is 0 Å². The largest absolute Gasteiger partial charge is 0.410 e. The number of amides is 1. The van der Waals surface area contributed by atoms with Gasteiger partial charge in [0.1, 0.15) is 10.8 Å². The van der Waals surface area contributed by atoms with Crippen LogP contribution in [-0.2, 0) is 6.54 Å². The molecular weight excluding hydrogens is 491 g/mol. The van der Waals surface area contributed by atoms with Gasteiger partial charge in [-0.3, -0.25) is 9.69 Å². The first-order valence-electron chi connectivity index (χ1n) is 11.9. The normalized spacial score (nSPS) is 20.6. The fraction of sp³-hybridized carbons (Fsp3) is 0.385. The van der Waals surface area contributed by atoms with Gasteiger partial charge in [-0.1, -0.05) is 71.8 Å². The second kappa shape index (κ2) is 9.78. The van der Waals surface area contributed by atoms with Crippen LogP contribution in [0.25, 0.3) is 0 Å². The van der Waals surface area contributed by atoms with Gasteiger partial charge in [0.25, 0.3) is 5.91 Å². The van der Waals surface area contributed by atoms with Crippen molar-refractivity contribution < 1.29 is 18.0 Å². The van der Waals surface area contributed by atoms with Crippen molar-refractivity contribution in [2.45, 2.75) is 38.1 Å². The molecule has 1 aromatic heterocycles. The molecule has 2 atom stereocenters. The number of nitrogens with zero attached hydrogens (tertiary/aromatic N) is 4. The third kappa shape index (κ3) is 4.95. The lowest BCUT2D eigenvalue weighted by Crippen LogP contribution is -2.48. The van der Waals surface area contributed by atoms with E-state index in [0.717, 1.165) is 22.4 Å². The van der Waals surface area contributed by atoms with E-state index < -0.39 is 24.2 Å². The minimum absolute atomic E-state index is 0.0295. The van der Waals surface area contributed by atoms with Crippen LogP contribution in [0.1, 0.15) is 45.7 Å². The molecule has 36 heavy (non-hydrogen) atoms. The van der Waals surface area contributed by atoms with Crippen molar-refractivity contribution in [1.29, 1.82) is 0 Å². The predicted molar refractivity (Wildman–Crippen MR) is 132 cm³/mol. The zero-order chi connectivity index (χ0) is 25.4. The third-order valence-electron chi connectivity index (χ3n) is 6.89. The number of nitrogens with one attached hydrogen (secondary N) is 1. The number of halogens is 4. The van der Waals surface area contributed by atoms with Gasteiger partial charge in [0.05, 0.1) is 6.04 Å². The van der Waals surface area contributed by atoms with Crippen LogP contribution in [0.4, 0.5) is 19.0 Å². The summed E-state index contributed by atoms with van der Waals surface area (Å²) in [7, 11) is 0. The summed E-state index contributed by atoms with van der Waals surface area (Å²) in [6.45, 7) is 4.91. The van der Waals surface area contributed by atoms with Gasteiger partial charge in [-0.2, -0.15) is 18.3 Å². The van der Waals surface area contributed by atoms with Crippen LogP contribution >= 0.6 is 11.6 Å². The van der Waals surface area contributed by atoms with Gasteiger partial charge < -0.3 is 10.2 Å². The van der Waals surface area contributed by atoms with E-state index in [1.54, 1.807) is 17.0 Å². The van der Waals surface area contributed by atoms with Gasteiger partial charge in [-0.05, 0) is 18.1 Å². The summed E-state index contributed by atoms with van der Waals surface area (Å²) in [5.41, 5.74) is 2.78. The Morgan fingerprint density at radius 3 is 2.36 bits per heavy atom. The van der Waals surface area contributed by atoms with Gasteiger partial charge in [-0.15, -0.1) is 0 Å². The number of rotatable bonds is 4. The molecule has 2 aliphatic rings. The minimum Gasteiger partial charge on any atom is -0.362 e. The zero-order valence-electron chi connectivity index (χ0n) is 19.8. The lowest BCUT2D eigenvalue weighted by Gasteiger charge is -2.34. The Bertz CT molecular complexity index is 1220. The summed E-state index contributed by atoms with van der Waals surface area (Å²) in [6, 6.07) is 14.9. The highest BCUT2D eigenvalue weighted by atomic mass is 35.5. The fourth-order valence-corrected chi connectivity index (χ4v) is 5.10. The first-order valence-corrected chi connectivity index (χ1v) is 12.3. The molecule has 1 N–H and O–H groups in total. The summed E-state index contributed by atoms with van der Waals surface area (Å²) in [6.07, 6.45) is -4.79. The third-order valence-corrected chi connectivity index (χ3v) is 7.24. The topological polar surface area (TPSA) is 53.4 Å². The number of fused-ring (bicyclic) bond motifs is 1. The van der Waals surface area contributed by atoms with Crippen LogP contribution in [0.2, 0.25) is 5.02 Å². The molecule has 6 nitrogen and oxygen atoms in total. The highest BCUT2D eigenvalue weighted by molar-refractivity contribution is 6.36. The molecular formula is C26H27ClF3N5O. The van der Waals surface area contributed by atoms with Crippen molar-refractivity contribution in [1.82, 2.24) is 19.6 Å².